The average molecular weight is 1140 g/mol. The minimum absolute atomic E-state index is 0.167. The van der Waals surface area contributed by atoms with Gasteiger partial charge in [-0.1, -0.05) is 235 Å². The molecule has 6 heteroatoms. The van der Waals surface area contributed by atoms with Crippen LogP contribution in [0.1, 0.15) is 0 Å². The van der Waals surface area contributed by atoms with Crippen molar-refractivity contribution in [3.63, 3.8) is 0 Å². The molecule has 0 saturated heterocycles. The Hall–Kier alpha value is -11.9. The Morgan fingerprint density at radius 3 is 0.911 bits per heavy atom. The summed E-state index contributed by atoms with van der Waals surface area (Å²) in [6, 6.07) is 118. The van der Waals surface area contributed by atoms with Gasteiger partial charge in [0.25, 0.3) is 0 Å². The van der Waals surface area contributed by atoms with E-state index in [0.29, 0.717) is 0 Å². The average Bonchev–Trinajstić information content (AvgIpc) is 1.50. The van der Waals surface area contributed by atoms with Crippen molar-refractivity contribution in [2.75, 3.05) is 0 Å². The summed E-state index contributed by atoms with van der Waals surface area (Å²) < 4.78 is 12.9. The van der Waals surface area contributed by atoms with Crippen LogP contribution < -0.4 is 16.4 Å². The van der Waals surface area contributed by atoms with Gasteiger partial charge in [-0.2, -0.15) is 0 Å². The highest BCUT2D eigenvalue weighted by atomic mass is 15.1. The van der Waals surface area contributed by atoms with Crippen LogP contribution in [0.3, 0.4) is 0 Å². The maximum absolute atomic E-state index is 2.64. The van der Waals surface area contributed by atoms with E-state index >= 15 is 0 Å². The molecule has 0 unspecified atom stereocenters. The maximum atomic E-state index is 2.64. The van der Waals surface area contributed by atoms with E-state index in [1.165, 1.54) is 98.0 Å². The molecule has 6 heterocycles. The molecule has 5 nitrogen and oxygen atoms in total. The lowest BCUT2D eigenvalue weighted by Crippen LogP contribution is -2.51. The molecular weight excluding hydrogens is 1090 g/mol. The molecule has 14 aromatic carbocycles. The highest BCUT2D eigenvalue weighted by molar-refractivity contribution is 6.99. The number of rotatable bonds is 7. The van der Waals surface area contributed by atoms with Crippen LogP contribution in [0.4, 0.5) is 0 Å². The molecule has 19 aromatic rings. The summed E-state index contributed by atoms with van der Waals surface area (Å²) in [5.74, 6) is 0. The third-order valence-corrected chi connectivity index (χ3v) is 19.7. The number of para-hydroxylation sites is 9. The van der Waals surface area contributed by atoms with Gasteiger partial charge in [0.1, 0.15) is 0 Å². The number of benzene rings is 14. The van der Waals surface area contributed by atoms with E-state index in [-0.39, 0.29) is 6.71 Å². The SMILES string of the molecule is c1ccc(-n2c3ccccc3c3cc(-c4ccc5c(c4)c4ccccc4n5-c4c(-n5c6ccccc6c6ccccc65)cc(B5c6ccccc6-c6ccccc65)c(-n5c6ccccc6c6ccccc65)c4-n4c5ccccc5c5ccccc54)ccc32)cc1. The Bertz CT molecular complexity index is 6040. The Morgan fingerprint density at radius 1 is 0.189 bits per heavy atom. The molecule has 0 spiro atoms. The van der Waals surface area contributed by atoms with E-state index in [0.717, 1.165) is 78.1 Å². The first-order valence-corrected chi connectivity index (χ1v) is 31.2. The van der Waals surface area contributed by atoms with Crippen molar-refractivity contribution in [3.8, 4) is 50.7 Å². The van der Waals surface area contributed by atoms with Gasteiger partial charge in [0.05, 0.1) is 77.9 Å². The van der Waals surface area contributed by atoms with Crippen LogP contribution in [-0.2, 0) is 0 Å². The Morgan fingerprint density at radius 2 is 0.489 bits per heavy atom. The number of aromatic nitrogens is 5. The van der Waals surface area contributed by atoms with Crippen LogP contribution in [0.15, 0.2) is 315 Å². The highest BCUT2D eigenvalue weighted by Gasteiger charge is 2.40. The van der Waals surface area contributed by atoms with E-state index in [9.17, 15) is 0 Å². The third-order valence-electron chi connectivity index (χ3n) is 19.7. The minimum Gasteiger partial charge on any atom is -0.309 e. The molecule has 90 heavy (non-hydrogen) atoms. The van der Waals surface area contributed by atoms with Gasteiger partial charge in [-0.3, -0.25) is 0 Å². The molecule has 0 saturated carbocycles. The Labute approximate surface area is 518 Å². The van der Waals surface area contributed by atoms with Crippen LogP contribution in [0, 0.1) is 0 Å². The van der Waals surface area contributed by atoms with Gasteiger partial charge in [0.2, 0.25) is 6.71 Å². The zero-order chi connectivity index (χ0) is 58.7. The van der Waals surface area contributed by atoms with Gasteiger partial charge < -0.3 is 22.8 Å². The van der Waals surface area contributed by atoms with Crippen LogP contribution in [-0.4, -0.2) is 29.5 Å². The molecule has 0 fully saturated rings. The number of hydrogen-bond acceptors (Lipinski definition) is 0. The van der Waals surface area contributed by atoms with Crippen LogP contribution in [0.25, 0.3) is 160 Å². The van der Waals surface area contributed by atoms with Gasteiger partial charge in [-0.25, -0.2) is 0 Å². The van der Waals surface area contributed by atoms with Crippen molar-refractivity contribution >= 4 is 132 Å². The molecule has 1 aliphatic rings. The number of hydrogen-bond donors (Lipinski definition) is 0. The molecule has 0 bridgehead atoms. The smallest absolute Gasteiger partial charge is 0.245 e. The van der Waals surface area contributed by atoms with Crippen molar-refractivity contribution in [1.82, 2.24) is 22.8 Å². The van der Waals surface area contributed by atoms with E-state index < -0.39 is 0 Å². The molecule has 416 valence electrons. The fourth-order valence-corrected chi connectivity index (χ4v) is 16.1. The minimum atomic E-state index is -0.167. The number of nitrogens with zero attached hydrogens (tertiary/aromatic N) is 5. The Balaban J connectivity index is 1.00. The molecule has 0 radical (unpaired) electrons. The van der Waals surface area contributed by atoms with Crippen LogP contribution in [0.2, 0.25) is 0 Å². The molecule has 0 amide bonds. The van der Waals surface area contributed by atoms with Gasteiger partial charge >= 0.3 is 0 Å². The molecular formula is C84H52BN5. The van der Waals surface area contributed by atoms with Gasteiger partial charge in [0, 0.05) is 59.5 Å². The normalized spacial score (nSPS) is 12.4. The van der Waals surface area contributed by atoms with Crippen molar-refractivity contribution in [2.45, 2.75) is 0 Å². The summed E-state index contributed by atoms with van der Waals surface area (Å²) in [7, 11) is 0. The summed E-state index contributed by atoms with van der Waals surface area (Å²) in [4.78, 5) is 0. The van der Waals surface area contributed by atoms with E-state index in [4.69, 9.17) is 0 Å². The van der Waals surface area contributed by atoms with Gasteiger partial charge in [-0.15, -0.1) is 0 Å². The zero-order valence-electron chi connectivity index (χ0n) is 48.8. The lowest BCUT2D eigenvalue weighted by atomic mass is 9.38. The summed E-state index contributed by atoms with van der Waals surface area (Å²) >= 11 is 0. The first kappa shape index (κ1) is 49.3. The van der Waals surface area contributed by atoms with Crippen LogP contribution >= 0.6 is 0 Å². The summed E-state index contributed by atoms with van der Waals surface area (Å²) in [5, 5.41) is 12.0. The summed E-state index contributed by atoms with van der Waals surface area (Å²) in [6.45, 7) is -0.167. The van der Waals surface area contributed by atoms with Gasteiger partial charge in [-0.05, 0) is 119 Å². The van der Waals surface area contributed by atoms with Crippen molar-refractivity contribution in [3.05, 3.63) is 315 Å². The first-order valence-electron chi connectivity index (χ1n) is 31.2. The monoisotopic (exact) mass is 1140 g/mol. The predicted molar refractivity (Wildman–Crippen MR) is 380 cm³/mol. The third kappa shape index (κ3) is 6.76. The fraction of sp³-hybridized carbons (Fsp3) is 0. The van der Waals surface area contributed by atoms with Crippen LogP contribution in [0.5, 0.6) is 0 Å². The van der Waals surface area contributed by atoms with Crippen molar-refractivity contribution in [1.29, 1.82) is 0 Å². The second-order valence-corrected chi connectivity index (χ2v) is 24.3. The molecule has 1 aliphatic heterocycles. The predicted octanol–water partition coefficient (Wildman–Crippen LogP) is 19.3. The quantitative estimate of drug-likeness (QED) is 0.142. The zero-order valence-corrected chi connectivity index (χ0v) is 48.8. The highest BCUT2D eigenvalue weighted by Crippen LogP contribution is 2.48. The standard InChI is InChI=1S/C84H52BN5/c1-2-24-55(25-3-1)86-71-38-16-12-34-64(71)66-50-53(46-48-79(66)86)54-47-49-80-67(51-54)65-35-13-23-45-78(65)89(80)83-81(87-72-39-17-6-28-58(72)59-29-7-18-40-73(59)87)52-70(85-68-36-14-4-26-56(68)57-27-5-15-37-69(57)85)82(88-74-41-19-8-30-60(74)61-31-9-20-42-75(61)88)84(83)90-76-43-21-10-32-62(76)63-33-11-22-44-77(63)90/h1-52H. The van der Waals surface area contributed by atoms with E-state index in [1.54, 1.807) is 0 Å². The molecule has 0 aliphatic carbocycles. The molecule has 5 aromatic heterocycles. The molecule has 0 N–H and O–H groups in total. The fourth-order valence-electron chi connectivity index (χ4n) is 16.1. The van der Waals surface area contributed by atoms with Gasteiger partial charge in [0.15, 0.2) is 0 Å². The molecule has 0 atom stereocenters. The lowest BCUT2D eigenvalue weighted by Gasteiger charge is -2.29. The first-order chi connectivity index (χ1) is 44.7. The lowest BCUT2D eigenvalue weighted by molar-refractivity contribution is 1.03. The second-order valence-electron chi connectivity index (χ2n) is 24.3. The Kier molecular flexibility index (Phi) is 10.3. The van der Waals surface area contributed by atoms with Crippen molar-refractivity contribution < 1.29 is 0 Å². The topological polar surface area (TPSA) is 24.6 Å². The summed E-state index contributed by atoms with van der Waals surface area (Å²) in [6.07, 6.45) is 0. The van der Waals surface area contributed by atoms with Crippen molar-refractivity contribution in [2.24, 2.45) is 0 Å². The summed E-state index contributed by atoms with van der Waals surface area (Å²) in [5.41, 5.74) is 25.6. The van der Waals surface area contributed by atoms with E-state index in [1.807, 2.05) is 0 Å². The largest absolute Gasteiger partial charge is 0.309 e. The number of fused-ring (bicyclic) bond motifs is 18. The van der Waals surface area contributed by atoms with E-state index in [2.05, 4.69) is 338 Å². The maximum Gasteiger partial charge on any atom is 0.245 e. The second kappa shape index (κ2) is 18.8. The molecule has 20 rings (SSSR count).